The van der Waals surface area contributed by atoms with E-state index in [4.69, 9.17) is 0 Å². The predicted molar refractivity (Wildman–Crippen MR) is 108 cm³/mol. The zero-order valence-electron chi connectivity index (χ0n) is 15.0. The van der Waals surface area contributed by atoms with Crippen LogP contribution in [0.1, 0.15) is 10.4 Å². The van der Waals surface area contributed by atoms with Crippen LogP contribution in [-0.4, -0.2) is 54.4 Å². The molecular formula is C19H19BrN4O4. The molecule has 9 heteroatoms. The van der Waals surface area contributed by atoms with E-state index in [1.54, 1.807) is 35.2 Å². The van der Waals surface area contributed by atoms with Gasteiger partial charge in [-0.25, -0.2) is 0 Å². The molecule has 8 nitrogen and oxygen atoms in total. The molecule has 0 bridgehead atoms. The number of piperazine rings is 1. The highest BCUT2D eigenvalue weighted by atomic mass is 79.9. The molecule has 1 fully saturated rings. The van der Waals surface area contributed by atoms with E-state index in [-0.39, 0.29) is 24.0 Å². The fourth-order valence-electron chi connectivity index (χ4n) is 3.00. The van der Waals surface area contributed by atoms with Crippen LogP contribution in [0, 0.1) is 10.1 Å². The zero-order valence-corrected chi connectivity index (χ0v) is 16.6. The maximum atomic E-state index is 12.4. The standard InChI is InChI=1S/C19H19BrN4O4/c20-15-3-1-2-14(12-15)19(26)21-13-18(25)23-10-8-22(9-11-23)16-4-6-17(7-5-16)24(27)28/h1-7,12H,8-11,13H2,(H,21,26). The molecule has 28 heavy (non-hydrogen) atoms. The monoisotopic (exact) mass is 446 g/mol. The van der Waals surface area contributed by atoms with Crippen molar-refractivity contribution in [1.29, 1.82) is 0 Å². The van der Waals surface area contributed by atoms with E-state index >= 15 is 0 Å². The van der Waals surface area contributed by atoms with Crippen LogP contribution in [0.2, 0.25) is 0 Å². The van der Waals surface area contributed by atoms with Gasteiger partial charge in [-0.1, -0.05) is 22.0 Å². The third kappa shape index (κ3) is 4.86. The molecule has 2 aromatic rings. The van der Waals surface area contributed by atoms with Crippen LogP contribution in [0.5, 0.6) is 0 Å². The summed E-state index contributed by atoms with van der Waals surface area (Å²) in [5.41, 5.74) is 1.43. The van der Waals surface area contributed by atoms with Crippen LogP contribution in [0.15, 0.2) is 53.0 Å². The van der Waals surface area contributed by atoms with Gasteiger partial charge in [-0.3, -0.25) is 19.7 Å². The van der Waals surface area contributed by atoms with Gasteiger partial charge in [0, 0.05) is 54.0 Å². The quantitative estimate of drug-likeness (QED) is 0.561. The smallest absolute Gasteiger partial charge is 0.269 e. The van der Waals surface area contributed by atoms with Gasteiger partial charge in [-0.15, -0.1) is 0 Å². The lowest BCUT2D eigenvalue weighted by atomic mass is 10.2. The summed E-state index contributed by atoms with van der Waals surface area (Å²) in [5, 5.41) is 13.4. The van der Waals surface area contributed by atoms with Crippen molar-refractivity contribution in [3.63, 3.8) is 0 Å². The molecule has 0 aliphatic carbocycles. The van der Waals surface area contributed by atoms with Gasteiger partial charge in [-0.05, 0) is 30.3 Å². The summed E-state index contributed by atoms with van der Waals surface area (Å²) in [5.74, 6) is -0.425. The van der Waals surface area contributed by atoms with E-state index in [0.29, 0.717) is 31.7 Å². The van der Waals surface area contributed by atoms with Gasteiger partial charge < -0.3 is 15.1 Å². The van der Waals surface area contributed by atoms with Crippen LogP contribution in [-0.2, 0) is 4.79 Å². The van der Waals surface area contributed by atoms with Crippen molar-refractivity contribution in [2.75, 3.05) is 37.6 Å². The van der Waals surface area contributed by atoms with E-state index in [1.807, 2.05) is 6.07 Å². The van der Waals surface area contributed by atoms with Crippen molar-refractivity contribution in [3.8, 4) is 0 Å². The number of non-ortho nitro benzene ring substituents is 1. The number of hydrogen-bond acceptors (Lipinski definition) is 5. The highest BCUT2D eigenvalue weighted by Crippen LogP contribution is 2.20. The highest BCUT2D eigenvalue weighted by Gasteiger charge is 2.22. The van der Waals surface area contributed by atoms with Gasteiger partial charge in [0.2, 0.25) is 5.91 Å². The SMILES string of the molecule is O=C(NCC(=O)N1CCN(c2ccc([N+](=O)[O-])cc2)CC1)c1cccc(Br)c1. The Morgan fingerprint density at radius 2 is 1.75 bits per heavy atom. The number of benzene rings is 2. The van der Waals surface area contributed by atoms with Crippen molar-refractivity contribution in [2.45, 2.75) is 0 Å². The Morgan fingerprint density at radius 3 is 2.36 bits per heavy atom. The van der Waals surface area contributed by atoms with Crippen LogP contribution < -0.4 is 10.2 Å². The molecule has 0 saturated carbocycles. The molecule has 0 unspecified atom stereocenters. The van der Waals surface area contributed by atoms with Crippen molar-refractivity contribution in [2.24, 2.45) is 0 Å². The Hall–Kier alpha value is -2.94. The first kappa shape index (κ1) is 19.8. The van der Waals surface area contributed by atoms with E-state index in [1.165, 1.54) is 12.1 Å². The number of nitrogens with zero attached hydrogens (tertiary/aromatic N) is 3. The first-order valence-corrected chi connectivity index (χ1v) is 9.54. The Labute approximate surface area is 170 Å². The van der Waals surface area contributed by atoms with Crippen molar-refractivity contribution in [1.82, 2.24) is 10.2 Å². The highest BCUT2D eigenvalue weighted by molar-refractivity contribution is 9.10. The number of halogens is 1. The minimum absolute atomic E-state index is 0.0527. The number of amides is 2. The molecule has 1 heterocycles. The number of hydrogen-bond donors (Lipinski definition) is 1. The summed E-state index contributed by atoms with van der Waals surface area (Å²) >= 11 is 3.32. The van der Waals surface area contributed by atoms with Crippen LogP contribution in [0.4, 0.5) is 11.4 Å². The van der Waals surface area contributed by atoms with Gasteiger partial charge in [0.25, 0.3) is 11.6 Å². The second-order valence-electron chi connectivity index (χ2n) is 6.33. The molecule has 2 aromatic carbocycles. The van der Waals surface area contributed by atoms with Crippen molar-refractivity contribution < 1.29 is 14.5 Å². The van der Waals surface area contributed by atoms with Gasteiger partial charge in [0.05, 0.1) is 11.5 Å². The molecule has 1 N–H and O–H groups in total. The fraction of sp³-hybridized carbons (Fsp3) is 0.263. The molecule has 1 saturated heterocycles. The first-order valence-electron chi connectivity index (χ1n) is 8.75. The largest absolute Gasteiger partial charge is 0.368 e. The first-order chi connectivity index (χ1) is 13.4. The minimum Gasteiger partial charge on any atom is -0.368 e. The van der Waals surface area contributed by atoms with E-state index in [0.717, 1.165) is 10.2 Å². The summed E-state index contributed by atoms with van der Waals surface area (Å²) in [4.78, 5) is 38.6. The van der Waals surface area contributed by atoms with Crippen LogP contribution >= 0.6 is 15.9 Å². The predicted octanol–water partition coefficient (Wildman–Crippen LogP) is 2.44. The van der Waals surface area contributed by atoms with Crippen LogP contribution in [0.3, 0.4) is 0 Å². The van der Waals surface area contributed by atoms with E-state index < -0.39 is 4.92 Å². The van der Waals surface area contributed by atoms with Gasteiger partial charge in [0.1, 0.15) is 0 Å². The Kier molecular flexibility index (Phi) is 6.25. The normalized spacial score (nSPS) is 13.9. The molecule has 0 radical (unpaired) electrons. The number of anilines is 1. The lowest BCUT2D eigenvalue weighted by Gasteiger charge is -2.36. The summed E-state index contributed by atoms with van der Waals surface area (Å²) in [7, 11) is 0. The number of nitro benzene ring substituents is 1. The molecule has 0 atom stereocenters. The molecule has 0 spiro atoms. The molecule has 0 aromatic heterocycles. The lowest BCUT2D eigenvalue weighted by molar-refractivity contribution is -0.384. The number of nitrogens with one attached hydrogen (secondary N) is 1. The summed E-state index contributed by atoms with van der Waals surface area (Å²) < 4.78 is 0.800. The van der Waals surface area contributed by atoms with Crippen LogP contribution in [0.25, 0.3) is 0 Å². The van der Waals surface area contributed by atoms with E-state index in [2.05, 4.69) is 26.1 Å². The minimum atomic E-state index is -0.428. The number of carbonyl (C=O) groups is 2. The molecular weight excluding hydrogens is 428 g/mol. The zero-order chi connectivity index (χ0) is 20.1. The molecule has 146 valence electrons. The maximum Gasteiger partial charge on any atom is 0.269 e. The molecule has 1 aliphatic heterocycles. The molecule has 2 amide bonds. The topological polar surface area (TPSA) is 95.8 Å². The van der Waals surface area contributed by atoms with Crippen molar-refractivity contribution in [3.05, 3.63) is 68.7 Å². The fourth-order valence-corrected chi connectivity index (χ4v) is 3.40. The van der Waals surface area contributed by atoms with Gasteiger partial charge in [-0.2, -0.15) is 0 Å². The summed E-state index contributed by atoms with van der Waals surface area (Å²) in [6.07, 6.45) is 0. The average molecular weight is 447 g/mol. The Morgan fingerprint density at radius 1 is 1.07 bits per heavy atom. The lowest BCUT2D eigenvalue weighted by Crippen LogP contribution is -2.51. The van der Waals surface area contributed by atoms with Gasteiger partial charge in [0.15, 0.2) is 0 Å². The Bertz CT molecular complexity index is 880. The molecule has 3 rings (SSSR count). The Balaban J connectivity index is 1.48. The third-order valence-electron chi connectivity index (χ3n) is 4.55. The van der Waals surface area contributed by atoms with Gasteiger partial charge >= 0.3 is 0 Å². The maximum absolute atomic E-state index is 12.4. The average Bonchev–Trinajstić information content (AvgIpc) is 2.72. The number of nitro groups is 1. The second kappa shape index (κ2) is 8.83. The van der Waals surface area contributed by atoms with Crippen molar-refractivity contribution >= 4 is 39.1 Å². The number of carbonyl (C=O) groups excluding carboxylic acids is 2. The third-order valence-corrected chi connectivity index (χ3v) is 5.04. The number of rotatable bonds is 5. The summed E-state index contributed by atoms with van der Waals surface area (Å²) in [6.45, 7) is 2.26. The summed E-state index contributed by atoms with van der Waals surface area (Å²) in [6, 6.07) is 13.4. The second-order valence-corrected chi connectivity index (χ2v) is 7.25. The molecule has 1 aliphatic rings. The van der Waals surface area contributed by atoms with E-state index in [9.17, 15) is 19.7 Å².